The summed E-state index contributed by atoms with van der Waals surface area (Å²) in [6.45, 7) is 16.7. The Balaban J connectivity index is 2.66. The van der Waals surface area contributed by atoms with Crippen LogP contribution >= 0.6 is 0 Å². The van der Waals surface area contributed by atoms with Gasteiger partial charge in [-0.15, -0.1) is 0 Å². The van der Waals surface area contributed by atoms with Crippen LogP contribution in [0.4, 0.5) is 10.5 Å². The summed E-state index contributed by atoms with van der Waals surface area (Å²) >= 11 is 0. The number of anilines is 1. The zero-order valence-corrected chi connectivity index (χ0v) is 24.8. The topological polar surface area (TPSA) is 108 Å². The van der Waals surface area contributed by atoms with Crippen molar-refractivity contribution in [1.82, 2.24) is 10.2 Å². The molecule has 2 aromatic carbocycles. The van der Waals surface area contributed by atoms with E-state index in [0.717, 1.165) is 5.56 Å². The van der Waals surface area contributed by atoms with E-state index in [2.05, 4.69) is 10.6 Å². The molecule has 0 spiro atoms. The fraction of sp³-hybridized carbons (Fsp3) is 0.516. The third-order valence-corrected chi connectivity index (χ3v) is 6.59. The van der Waals surface area contributed by atoms with Gasteiger partial charge >= 0.3 is 6.09 Å². The van der Waals surface area contributed by atoms with E-state index in [4.69, 9.17) is 4.74 Å². The summed E-state index contributed by atoms with van der Waals surface area (Å²) in [5, 5.41) is 16.6. The minimum absolute atomic E-state index is 0.0600. The number of aryl methyl sites for hydroxylation is 1. The van der Waals surface area contributed by atoms with Crippen LogP contribution in [0.3, 0.4) is 0 Å². The first-order chi connectivity index (χ1) is 18.1. The van der Waals surface area contributed by atoms with E-state index >= 15 is 0 Å². The highest BCUT2D eigenvalue weighted by atomic mass is 16.6. The van der Waals surface area contributed by atoms with E-state index in [1.165, 1.54) is 11.0 Å². The van der Waals surface area contributed by atoms with Crippen LogP contribution < -0.4 is 10.6 Å². The Labute approximate surface area is 233 Å². The first-order valence-electron chi connectivity index (χ1n) is 13.5. The maximum absolute atomic E-state index is 14.4. The molecule has 2 unspecified atom stereocenters. The largest absolute Gasteiger partial charge is 0.508 e. The second kappa shape index (κ2) is 13.0. The number of rotatable bonds is 10. The number of aromatic hydroxyl groups is 1. The van der Waals surface area contributed by atoms with Gasteiger partial charge in [-0.3, -0.25) is 9.59 Å². The molecule has 2 atom stereocenters. The summed E-state index contributed by atoms with van der Waals surface area (Å²) in [5.41, 5.74) is 0.190. The molecule has 0 saturated heterocycles. The van der Waals surface area contributed by atoms with E-state index < -0.39 is 41.1 Å². The van der Waals surface area contributed by atoms with Crippen molar-refractivity contribution in [2.24, 2.45) is 5.92 Å². The molecule has 8 heteroatoms. The van der Waals surface area contributed by atoms with Crippen LogP contribution in [0.25, 0.3) is 0 Å². The maximum Gasteiger partial charge on any atom is 0.408 e. The third kappa shape index (κ3) is 8.73. The molecular weight excluding hydrogens is 494 g/mol. The Morgan fingerprint density at radius 1 is 0.974 bits per heavy atom. The molecule has 0 fully saturated rings. The first kappa shape index (κ1) is 31.7. The van der Waals surface area contributed by atoms with Gasteiger partial charge in [0, 0.05) is 16.8 Å². The summed E-state index contributed by atoms with van der Waals surface area (Å²) in [7, 11) is 0. The lowest BCUT2D eigenvalue weighted by Crippen LogP contribution is -2.59. The Morgan fingerprint density at radius 3 is 2.10 bits per heavy atom. The molecule has 214 valence electrons. The lowest BCUT2D eigenvalue weighted by molar-refractivity contribution is -0.148. The standard InChI is InChI=1S/C31H45N3O5/c1-10-31(8,9)34(28(37)24(19-20(2)3)33-29(38)39-30(5,6)7)26(22-16-12-14-18-25(22)35)27(36)32-23-17-13-11-15-21(23)4/h11-18,20,24,26,35H,10,19H2,1-9H3,(H,32,36)(H,33,38). The maximum atomic E-state index is 14.4. The van der Waals surface area contributed by atoms with Gasteiger partial charge in [0.2, 0.25) is 5.91 Å². The normalized spacial score (nSPS) is 13.4. The van der Waals surface area contributed by atoms with Gasteiger partial charge in [-0.1, -0.05) is 57.2 Å². The van der Waals surface area contributed by atoms with Crippen LogP contribution in [0.5, 0.6) is 5.75 Å². The number of phenolic OH excluding ortho intramolecular Hbond substituents is 1. The van der Waals surface area contributed by atoms with Crippen molar-refractivity contribution in [2.75, 3.05) is 5.32 Å². The van der Waals surface area contributed by atoms with E-state index in [1.807, 2.05) is 59.7 Å². The van der Waals surface area contributed by atoms with Crippen LogP contribution in [-0.4, -0.2) is 45.1 Å². The van der Waals surface area contributed by atoms with Crippen molar-refractivity contribution in [3.8, 4) is 5.75 Å². The minimum Gasteiger partial charge on any atom is -0.508 e. The van der Waals surface area contributed by atoms with E-state index in [1.54, 1.807) is 45.0 Å². The molecule has 0 aliphatic carbocycles. The Kier molecular flexibility index (Phi) is 10.6. The number of ether oxygens (including phenoxy) is 1. The summed E-state index contributed by atoms with van der Waals surface area (Å²) < 4.78 is 5.46. The van der Waals surface area contributed by atoms with Gasteiger partial charge in [0.15, 0.2) is 0 Å². The first-order valence-corrected chi connectivity index (χ1v) is 13.5. The molecule has 0 saturated carbocycles. The number of benzene rings is 2. The van der Waals surface area contributed by atoms with Gasteiger partial charge in [-0.2, -0.15) is 0 Å². The highest BCUT2D eigenvalue weighted by Gasteiger charge is 2.44. The van der Waals surface area contributed by atoms with Crippen LogP contribution in [-0.2, 0) is 14.3 Å². The molecule has 2 rings (SSSR count). The van der Waals surface area contributed by atoms with Crippen LogP contribution in [0.15, 0.2) is 48.5 Å². The Bertz CT molecular complexity index is 1150. The summed E-state index contributed by atoms with van der Waals surface area (Å²) in [5.74, 6) is -0.951. The molecular formula is C31H45N3O5. The SMILES string of the molecule is CCC(C)(C)N(C(=O)C(CC(C)C)NC(=O)OC(C)(C)C)C(C(=O)Nc1ccccc1C)c1ccccc1O. The second-order valence-corrected chi connectivity index (χ2v) is 12.0. The number of nitrogens with one attached hydrogen (secondary N) is 2. The molecule has 0 aliphatic rings. The predicted octanol–water partition coefficient (Wildman–Crippen LogP) is 6.34. The average Bonchev–Trinajstić information content (AvgIpc) is 2.82. The van der Waals surface area contributed by atoms with Gasteiger partial charge in [-0.25, -0.2) is 4.79 Å². The molecule has 2 aromatic rings. The average molecular weight is 540 g/mol. The number of para-hydroxylation sites is 2. The van der Waals surface area contributed by atoms with E-state index in [9.17, 15) is 19.5 Å². The monoisotopic (exact) mass is 539 g/mol. The lowest BCUT2D eigenvalue weighted by Gasteiger charge is -2.45. The fourth-order valence-electron chi connectivity index (χ4n) is 4.29. The second-order valence-electron chi connectivity index (χ2n) is 12.0. The predicted molar refractivity (Wildman–Crippen MR) is 154 cm³/mol. The quantitative estimate of drug-likeness (QED) is 0.327. The molecule has 0 aliphatic heterocycles. The molecule has 39 heavy (non-hydrogen) atoms. The number of phenols is 1. The number of amides is 3. The van der Waals surface area contributed by atoms with Crippen molar-refractivity contribution in [2.45, 2.75) is 98.4 Å². The number of carbonyl (C=O) groups excluding carboxylic acids is 3. The fourth-order valence-corrected chi connectivity index (χ4v) is 4.29. The minimum atomic E-state index is -1.18. The smallest absolute Gasteiger partial charge is 0.408 e. The number of nitrogens with zero attached hydrogens (tertiary/aromatic N) is 1. The summed E-state index contributed by atoms with van der Waals surface area (Å²) in [6, 6.07) is 11.8. The van der Waals surface area contributed by atoms with Gasteiger partial charge < -0.3 is 25.4 Å². The zero-order valence-electron chi connectivity index (χ0n) is 24.8. The molecule has 8 nitrogen and oxygen atoms in total. The molecule has 3 N–H and O–H groups in total. The molecule has 0 radical (unpaired) electrons. The number of hydrogen-bond acceptors (Lipinski definition) is 5. The van der Waals surface area contributed by atoms with E-state index in [0.29, 0.717) is 24.1 Å². The van der Waals surface area contributed by atoms with Crippen LogP contribution in [0.1, 0.15) is 85.4 Å². The van der Waals surface area contributed by atoms with Crippen molar-refractivity contribution < 1.29 is 24.2 Å². The molecule has 0 heterocycles. The van der Waals surface area contributed by atoms with Gasteiger partial charge in [0.05, 0.1) is 0 Å². The summed E-state index contributed by atoms with van der Waals surface area (Å²) in [4.78, 5) is 42.8. The molecule has 3 amide bonds. The summed E-state index contributed by atoms with van der Waals surface area (Å²) in [6.07, 6.45) is 0.141. The van der Waals surface area contributed by atoms with E-state index in [-0.39, 0.29) is 11.7 Å². The number of carbonyl (C=O) groups is 3. The highest BCUT2D eigenvalue weighted by Crippen LogP contribution is 2.37. The van der Waals surface area contributed by atoms with Gasteiger partial charge in [-0.05, 0) is 78.0 Å². The van der Waals surface area contributed by atoms with Crippen molar-refractivity contribution >= 4 is 23.6 Å². The highest BCUT2D eigenvalue weighted by molar-refractivity contribution is 6.00. The molecule has 0 bridgehead atoms. The van der Waals surface area contributed by atoms with Crippen LogP contribution in [0.2, 0.25) is 0 Å². The number of alkyl carbamates (subject to hydrolysis) is 1. The van der Waals surface area contributed by atoms with Crippen molar-refractivity contribution in [3.05, 3.63) is 59.7 Å². The Hall–Kier alpha value is -3.55. The van der Waals surface area contributed by atoms with Crippen molar-refractivity contribution in [3.63, 3.8) is 0 Å². The van der Waals surface area contributed by atoms with Crippen LogP contribution in [0, 0.1) is 12.8 Å². The van der Waals surface area contributed by atoms with Crippen molar-refractivity contribution in [1.29, 1.82) is 0 Å². The van der Waals surface area contributed by atoms with Gasteiger partial charge in [0.1, 0.15) is 23.4 Å². The Morgan fingerprint density at radius 2 is 1.56 bits per heavy atom. The third-order valence-electron chi connectivity index (χ3n) is 6.59. The number of hydrogen-bond donors (Lipinski definition) is 3. The molecule has 0 aromatic heterocycles. The lowest BCUT2D eigenvalue weighted by atomic mass is 9.90. The van der Waals surface area contributed by atoms with Gasteiger partial charge in [0.25, 0.3) is 5.91 Å². The zero-order chi connectivity index (χ0) is 29.5.